The van der Waals surface area contributed by atoms with Crippen molar-refractivity contribution in [2.24, 2.45) is 0 Å². The molecule has 0 heterocycles. The number of hydrogen-bond donors (Lipinski definition) is 1. The summed E-state index contributed by atoms with van der Waals surface area (Å²) in [6, 6.07) is 22.5. The second-order valence-electron chi connectivity index (χ2n) is 6.13. The Balaban J connectivity index is 2.18. The molecule has 0 saturated carbocycles. The molecular formula is C23H14N2O2. The second kappa shape index (κ2) is 6.37. The highest BCUT2D eigenvalue weighted by Gasteiger charge is 2.29. The van der Waals surface area contributed by atoms with Gasteiger partial charge in [-0.15, -0.1) is 0 Å². The Hall–Kier alpha value is -4.02. The summed E-state index contributed by atoms with van der Waals surface area (Å²) in [5.41, 5.74) is 5.23. The molecule has 4 nitrogen and oxygen atoms in total. The minimum Gasteiger partial charge on any atom is -0.508 e. The van der Waals surface area contributed by atoms with E-state index in [1.54, 1.807) is 19.2 Å². The average molecular weight is 350 g/mol. The van der Waals surface area contributed by atoms with Crippen molar-refractivity contribution in [3.63, 3.8) is 0 Å². The van der Waals surface area contributed by atoms with Gasteiger partial charge in [-0.2, -0.15) is 10.5 Å². The SMILES string of the molecule is COc1cc2cccccc-2c1-c1c(C#N)c2ccc(O)ccc-2c1C#N. The number of methoxy groups -OCH3 is 1. The second-order valence-corrected chi connectivity index (χ2v) is 6.13. The third kappa shape index (κ3) is 2.44. The molecule has 0 aromatic heterocycles. The number of fused-ring (bicyclic) bond motifs is 2. The molecule has 0 spiro atoms. The summed E-state index contributed by atoms with van der Waals surface area (Å²) in [7, 11) is 1.58. The lowest BCUT2D eigenvalue weighted by molar-refractivity contribution is 0.418. The molecule has 0 aromatic carbocycles. The van der Waals surface area contributed by atoms with E-state index < -0.39 is 0 Å². The van der Waals surface area contributed by atoms with Crippen molar-refractivity contribution in [2.45, 2.75) is 0 Å². The zero-order chi connectivity index (χ0) is 19.0. The van der Waals surface area contributed by atoms with Gasteiger partial charge in [-0.1, -0.05) is 30.3 Å². The molecule has 1 N–H and O–H groups in total. The van der Waals surface area contributed by atoms with Crippen LogP contribution in [0.25, 0.3) is 33.4 Å². The number of aromatic hydroxyl groups is 1. The summed E-state index contributed by atoms with van der Waals surface area (Å²) < 4.78 is 5.59. The number of nitrogens with zero attached hydrogens (tertiary/aromatic N) is 2. The topological polar surface area (TPSA) is 77.0 Å². The predicted octanol–water partition coefficient (Wildman–Crippen LogP) is 5.02. The number of ether oxygens (including phenoxy) is 1. The summed E-state index contributed by atoms with van der Waals surface area (Å²) in [6.45, 7) is 0. The van der Waals surface area contributed by atoms with E-state index in [0.29, 0.717) is 33.6 Å². The van der Waals surface area contributed by atoms with Crippen LogP contribution in [0.3, 0.4) is 0 Å². The predicted molar refractivity (Wildman–Crippen MR) is 103 cm³/mol. The molecule has 0 fully saturated rings. The molecule has 0 amide bonds. The lowest BCUT2D eigenvalue weighted by Crippen LogP contribution is -1.87. The average Bonchev–Trinajstić information content (AvgIpc) is 2.97. The van der Waals surface area contributed by atoms with E-state index >= 15 is 0 Å². The van der Waals surface area contributed by atoms with Gasteiger partial charge in [0, 0.05) is 22.3 Å². The molecule has 4 aliphatic carbocycles. The number of rotatable bonds is 2. The summed E-state index contributed by atoms with van der Waals surface area (Å²) >= 11 is 0. The van der Waals surface area contributed by atoms with Crippen LogP contribution < -0.4 is 4.74 Å². The molecule has 0 saturated heterocycles. The van der Waals surface area contributed by atoms with Crippen molar-refractivity contribution in [2.75, 3.05) is 7.11 Å². The molecule has 4 rings (SSSR count). The van der Waals surface area contributed by atoms with Gasteiger partial charge in [0.05, 0.1) is 18.2 Å². The minimum atomic E-state index is 0.0731. The maximum Gasteiger partial charge on any atom is 0.128 e. The maximum atomic E-state index is 9.90. The third-order valence-corrected chi connectivity index (χ3v) is 4.74. The van der Waals surface area contributed by atoms with Crippen LogP contribution >= 0.6 is 0 Å². The van der Waals surface area contributed by atoms with Gasteiger partial charge in [0.25, 0.3) is 0 Å². The van der Waals surface area contributed by atoms with Crippen molar-refractivity contribution in [3.05, 3.63) is 71.8 Å². The molecular weight excluding hydrogens is 336 g/mol. The van der Waals surface area contributed by atoms with E-state index in [-0.39, 0.29) is 5.75 Å². The van der Waals surface area contributed by atoms with E-state index in [1.165, 1.54) is 12.1 Å². The summed E-state index contributed by atoms with van der Waals surface area (Å²) in [6.07, 6.45) is 0. The summed E-state index contributed by atoms with van der Waals surface area (Å²) in [4.78, 5) is 0. The number of hydrogen-bond acceptors (Lipinski definition) is 4. The Morgan fingerprint density at radius 2 is 1.41 bits per heavy atom. The highest BCUT2D eigenvalue weighted by Crippen LogP contribution is 2.50. The molecule has 0 aromatic rings. The fourth-order valence-electron chi connectivity index (χ4n) is 3.56. The molecule has 4 aliphatic rings. The minimum absolute atomic E-state index is 0.0731. The van der Waals surface area contributed by atoms with Gasteiger partial charge in [0.15, 0.2) is 0 Å². The molecule has 0 bridgehead atoms. The van der Waals surface area contributed by atoms with Gasteiger partial charge in [-0.25, -0.2) is 0 Å². The highest BCUT2D eigenvalue weighted by atomic mass is 16.5. The van der Waals surface area contributed by atoms with Crippen LogP contribution in [0.4, 0.5) is 0 Å². The Morgan fingerprint density at radius 1 is 0.778 bits per heavy atom. The van der Waals surface area contributed by atoms with Crippen LogP contribution in [0.15, 0.2) is 60.7 Å². The van der Waals surface area contributed by atoms with E-state index in [9.17, 15) is 15.6 Å². The zero-order valence-corrected chi connectivity index (χ0v) is 14.5. The zero-order valence-electron chi connectivity index (χ0n) is 14.5. The fourth-order valence-corrected chi connectivity index (χ4v) is 3.56. The van der Waals surface area contributed by atoms with Gasteiger partial charge < -0.3 is 9.84 Å². The van der Waals surface area contributed by atoms with Crippen molar-refractivity contribution in [3.8, 4) is 57.0 Å². The first-order valence-corrected chi connectivity index (χ1v) is 8.34. The Morgan fingerprint density at radius 3 is 2.00 bits per heavy atom. The van der Waals surface area contributed by atoms with Gasteiger partial charge in [-0.3, -0.25) is 0 Å². The monoisotopic (exact) mass is 350 g/mol. The van der Waals surface area contributed by atoms with Crippen molar-refractivity contribution >= 4 is 0 Å². The van der Waals surface area contributed by atoms with Crippen LogP contribution in [-0.4, -0.2) is 12.2 Å². The van der Waals surface area contributed by atoms with Gasteiger partial charge in [0.2, 0.25) is 0 Å². The molecule has 4 heteroatoms. The van der Waals surface area contributed by atoms with E-state index in [4.69, 9.17) is 4.74 Å². The summed E-state index contributed by atoms with van der Waals surface area (Å²) in [5, 5.41) is 29.6. The number of nitriles is 2. The van der Waals surface area contributed by atoms with E-state index in [1.807, 2.05) is 36.4 Å². The molecule has 0 radical (unpaired) electrons. The Labute approximate surface area is 156 Å². The van der Waals surface area contributed by atoms with Crippen molar-refractivity contribution in [1.82, 2.24) is 0 Å². The highest BCUT2D eigenvalue weighted by molar-refractivity contribution is 6.02. The maximum absolute atomic E-state index is 9.90. The van der Waals surface area contributed by atoms with Crippen molar-refractivity contribution < 1.29 is 9.84 Å². The molecule has 128 valence electrons. The van der Waals surface area contributed by atoms with Crippen LogP contribution in [0.2, 0.25) is 0 Å². The van der Waals surface area contributed by atoms with Crippen LogP contribution in [0.5, 0.6) is 11.5 Å². The lowest BCUT2D eigenvalue weighted by Gasteiger charge is -2.06. The lowest BCUT2D eigenvalue weighted by atomic mass is 9.98. The van der Waals surface area contributed by atoms with E-state index in [2.05, 4.69) is 12.1 Å². The van der Waals surface area contributed by atoms with Crippen LogP contribution in [0.1, 0.15) is 11.1 Å². The van der Waals surface area contributed by atoms with Gasteiger partial charge >= 0.3 is 0 Å². The first kappa shape index (κ1) is 16.4. The molecule has 0 atom stereocenters. The normalized spacial score (nSPS) is 10.5. The Kier molecular flexibility index (Phi) is 3.88. The molecule has 27 heavy (non-hydrogen) atoms. The largest absolute Gasteiger partial charge is 0.508 e. The van der Waals surface area contributed by atoms with E-state index in [0.717, 1.165) is 16.7 Å². The van der Waals surface area contributed by atoms with Gasteiger partial charge in [0.1, 0.15) is 23.6 Å². The molecule has 0 aliphatic heterocycles. The fraction of sp³-hybridized carbons (Fsp3) is 0.0435. The first-order chi connectivity index (χ1) is 13.2. The third-order valence-electron chi connectivity index (χ3n) is 4.74. The smallest absolute Gasteiger partial charge is 0.128 e. The quantitative estimate of drug-likeness (QED) is 0.550. The molecule has 0 unspecified atom stereocenters. The van der Waals surface area contributed by atoms with Gasteiger partial charge in [-0.05, 0) is 41.5 Å². The Bertz CT molecular complexity index is 1150. The first-order valence-electron chi connectivity index (χ1n) is 8.34. The summed E-state index contributed by atoms with van der Waals surface area (Å²) in [5.74, 6) is 0.690. The standard InChI is InChI=1S/C23H14N2O2/c1-27-21-11-14-5-3-2-4-6-16(14)23(21)22-19(12-24)17-9-7-15(26)8-10-18(17)20(22)13-25/h2-11,26H,1H3. The van der Waals surface area contributed by atoms with Crippen LogP contribution in [0, 0.1) is 22.7 Å². The van der Waals surface area contributed by atoms with Crippen molar-refractivity contribution in [1.29, 1.82) is 10.5 Å². The van der Waals surface area contributed by atoms with Crippen LogP contribution in [-0.2, 0) is 0 Å².